The van der Waals surface area contributed by atoms with Crippen LogP contribution in [0.5, 0.6) is 0 Å². The van der Waals surface area contributed by atoms with Gasteiger partial charge in [-0.3, -0.25) is 4.99 Å². The lowest BCUT2D eigenvalue weighted by Gasteiger charge is -2.39. The van der Waals surface area contributed by atoms with Crippen LogP contribution in [-0.2, 0) is 0 Å². The Morgan fingerprint density at radius 1 is 1.00 bits per heavy atom. The third-order valence-electron chi connectivity index (χ3n) is 4.92. The smallest absolute Gasteiger partial charge is 0.156 e. The summed E-state index contributed by atoms with van der Waals surface area (Å²) in [6, 6.07) is 0.713. The Balaban J connectivity index is 1.52. The minimum absolute atomic E-state index is 0.570. The van der Waals surface area contributed by atoms with Gasteiger partial charge in [-0.05, 0) is 31.1 Å². The normalized spacial score (nSPS) is 29.0. The lowest BCUT2D eigenvalue weighted by Crippen LogP contribution is -2.40. The van der Waals surface area contributed by atoms with Crippen molar-refractivity contribution in [3.05, 3.63) is 0 Å². The summed E-state index contributed by atoms with van der Waals surface area (Å²) in [5.41, 5.74) is 0.570. The molecule has 3 rings (SSSR count). The van der Waals surface area contributed by atoms with E-state index >= 15 is 0 Å². The monoisotopic (exact) mass is 266 g/mol. The van der Waals surface area contributed by atoms with Crippen LogP contribution in [0.1, 0.15) is 64.2 Å². The topological polar surface area (TPSA) is 24.4 Å². The summed E-state index contributed by atoms with van der Waals surface area (Å²) >= 11 is 2.00. The van der Waals surface area contributed by atoms with Gasteiger partial charge in [0, 0.05) is 18.3 Å². The summed E-state index contributed by atoms with van der Waals surface area (Å²) in [4.78, 5) is 4.87. The average Bonchev–Trinajstić information content (AvgIpc) is 2.44. The van der Waals surface area contributed by atoms with Gasteiger partial charge >= 0.3 is 0 Å². The fourth-order valence-electron chi connectivity index (χ4n) is 3.67. The second kappa shape index (κ2) is 5.85. The Hall–Kier alpha value is -0.180. The Morgan fingerprint density at radius 3 is 2.39 bits per heavy atom. The van der Waals surface area contributed by atoms with E-state index < -0.39 is 0 Å². The fraction of sp³-hybridized carbons (Fsp3) is 0.933. The minimum atomic E-state index is 0.570. The molecule has 1 heterocycles. The number of aliphatic imine (C=N–C) groups is 1. The molecule has 2 aliphatic carbocycles. The number of nitrogens with one attached hydrogen (secondary N) is 1. The second-order valence-corrected chi connectivity index (χ2v) is 7.41. The van der Waals surface area contributed by atoms with Crippen molar-refractivity contribution in [3.63, 3.8) is 0 Å². The van der Waals surface area contributed by atoms with Crippen LogP contribution in [0.3, 0.4) is 0 Å². The van der Waals surface area contributed by atoms with E-state index in [0.29, 0.717) is 11.5 Å². The van der Waals surface area contributed by atoms with Gasteiger partial charge in [0.1, 0.15) is 0 Å². The Kier molecular flexibility index (Phi) is 4.17. The Bertz CT molecular complexity index is 302. The zero-order chi connectivity index (χ0) is 12.3. The van der Waals surface area contributed by atoms with E-state index in [0.717, 1.165) is 6.54 Å². The molecule has 1 aliphatic heterocycles. The van der Waals surface area contributed by atoms with E-state index in [9.17, 15) is 0 Å². The fourth-order valence-corrected chi connectivity index (χ4v) is 4.89. The van der Waals surface area contributed by atoms with Crippen molar-refractivity contribution in [1.29, 1.82) is 0 Å². The van der Waals surface area contributed by atoms with Gasteiger partial charge in [0.15, 0.2) is 5.17 Å². The van der Waals surface area contributed by atoms with Crippen molar-refractivity contribution in [2.45, 2.75) is 70.3 Å². The predicted molar refractivity (Wildman–Crippen MR) is 80.3 cm³/mol. The number of hydrogen-bond donors (Lipinski definition) is 1. The summed E-state index contributed by atoms with van der Waals surface area (Å²) in [6.45, 7) is 1.09. The van der Waals surface area contributed by atoms with Crippen LogP contribution < -0.4 is 5.32 Å². The zero-order valence-electron chi connectivity index (χ0n) is 11.4. The Labute approximate surface area is 115 Å². The lowest BCUT2D eigenvalue weighted by atomic mass is 9.75. The first-order valence-electron chi connectivity index (χ1n) is 7.80. The maximum Gasteiger partial charge on any atom is 0.156 e. The highest BCUT2D eigenvalue weighted by atomic mass is 32.2. The van der Waals surface area contributed by atoms with Crippen LogP contribution in [0.2, 0.25) is 0 Å². The molecule has 3 aliphatic rings. The van der Waals surface area contributed by atoms with E-state index in [-0.39, 0.29) is 0 Å². The molecule has 102 valence electrons. The third kappa shape index (κ3) is 3.04. The minimum Gasteiger partial charge on any atom is -0.362 e. The highest BCUT2D eigenvalue weighted by Crippen LogP contribution is 2.41. The zero-order valence-corrected chi connectivity index (χ0v) is 12.2. The predicted octanol–water partition coefficient (Wildman–Crippen LogP) is 3.96. The molecule has 0 amide bonds. The van der Waals surface area contributed by atoms with E-state index in [1.165, 1.54) is 75.1 Å². The van der Waals surface area contributed by atoms with Gasteiger partial charge in [0.05, 0.1) is 0 Å². The van der Waals surface area contributed by atoms with Crippen molar-refractivity contribution in [1.82, 2.24) is 5.32 Å². The molecule has 0 unspecified atom stereocenters. The highest BCUT2D eigenvalue weighted by molar-refractivity contribution is 8.13. The summed E-state index contributed by atoms with van der Waals surface area (Å²) in [5.74, 6) is 1.31. The van der Waals surface area contributed by atoms with Gasteiger partial charge in [-0.15, -0.1) is 0 Å². The molecule has 0 radical (unpaired) electrons. The van der Waals surface area contributed by atoms with Crippen molar-refractivity contribution in [2.24, 2.45) is 10.4 Å². The molecule has 2 fully saturated rings. The molecule has 2 nitrogen and oxygen atoms in total. The molecule has 0 bridgehead atoms. The summed E-state index contributed by atoms with van der Waals surface area (Å²) in [7, 11) is 0. The molecular weight excluding hydrogens is 240 g/mol. The first-order chi connectivity index (χ1) is 8.86. The molecule has 0 saturated heterocycles. The van der Waals surface area contributed by atoms with Gasteiger partial charge in [-0.25, -0.2) is 0 Å². The number of nitrogens with zero attached hydrogens (tertiary/aromatic N) is 1. The van der Waals surface area contributed by atoms with Crippen LogP contribution in [0.15, 0.2) is 4.99 Å². The van der Waals surface area contributed by atoms with Crippen LogP contribution in [0.25, 0.3) is 0 Å². The first kappa shape index (κ1) is 12.8. The van der Waals surface area contributed by atoms with Crippen LogP contribution in [0, 0.1) is 5.41 Å². The summed E-state index contributed by atoms with van der Waals surface area (Å²) in [6.07, 6.45) is 14.1. The number of thioether (sulfide) groups is 1. The van der Waals surface area contributed by atoms with Gasteiger partial charge in [-0.1, -0.05) is 50.3 Å². The van der Waals surface area contributed by atoms with Crippen molar-refractivity contribution in [3.8, 4) is 0 Å². The molecule has 0 aromatic rings. The number of rotatable bonds is 1. The molecule has 0 atom stereocenters. The summed E-state index contributed by atoms with van der Waals surface area (Å²) in [5, 5.41) is 4.94. The van der Waals surface area contributed by atoms with Crippen molar-refractivity contribution >= 4 is 16.9 Å². The number of amidine groups is 1. The van der Waals surface area contributed by atoms with E-state index in [1.807, 2.05) is 11.8 Å². The third-order valence-corrected chi connectivity index (χ3v) is 6.20. The molecular formula is C15H26N2S. The second-order valence-electron chi connectivity index (χ2n) is 6.45. The van der Waals surface area contributed by atoms with E-state index in [1.54, 1.807) is 0 Å². The molecule has 1 spiro atoms. The lowest BCUT2D eigenvalue weighted by molar-refractivity contribution is 0.232. The van der Waals surface area contributed by atoms with E-state index in [4.69, 9.17) is 4.99 Å². The maximum absolute atomic E-state index is 4.87. The quantitative estimate of drug-likeness (QED) is 0.777. The van der Waals surface area contributed by atoms with Gasteiger partial charge in [-0.2, -0.15) is 0 Å². The molecule has 3 heteroatoms. The van der Waals surface area contributed by atoms with Crippen LogP contribution >= 0.6 is 11.8 Å². The number of hydrogen-bond acceptors (Lipinski definition) is 3. The largest absolute Gasteiger partial charge is 0.362 e. The average molecular weight is 266 g/mol. The highest BCUT2D eigenvalue weighted by Gasteiger charge is 2.35. The van der Waals surface area contributed by atoms with Gasteiger partial charge in [0.2, 0.25) is 0 Å². The summed E-state index contributed by atoms with van der Waals surface area (Å²) < 4.78 is 0. The molecule has 0 aromatic heterocycles. The van der Waals surface area contributed by atoms with Crippen molar-refractivity contribution < 1.29 is 0 Å². The van der Waals surface area contributed by atoms with Crippen molar-refractivity contribution in [2.75, 3.05) is 12.3 Å². The Morgan fingerprint density at radius 2 is 1.72 bits per heavy atom. The van der Waals surface area contributed by atoms with E-state index in [2.05, 4.69) is 5.32 Å². The van der Waals surface area contributed by atoms with Crippen LogP contribution in [-0.4, -0.2) is 23.5 Å². The standard InChI is InChI=1S/C15H26N2S/c1-3-7-13(8-4-1)17-14-16-11-15(12-18-14)9-5-2-6-10-15/h13H,1-12H2,(H,16,17). The van der Waals surface area contributed by atoms with Gasteiger partial charge < -0.3 is 5.32 Å². The SMILES string of the molecule is C1CCC(NC2=NCC3(CCCCC3)CS2)CC1. The molecule has 18 heavy (non-hydrogen) atoms. The molecule has 2 saturated carbocycles. The van der Waals surface area contributed by atoms with Crippen LogP contribution in [0.4, 0.5) is 0 Å². The maximum atomic E-state index is 4.87. The molecule has 1 N–H and O–H groups in total. The molecule has 0 aromatic carbocycles. The van der Waals surface area contributed by atoms with Gasteiger partial charge in [0.25, 0.3) is 0 Å². The first-order valence-corrected chi connectivity index (χ1v) is 8.79.